The van der Waals surface area contributed by atoms with Crippen LogP contribution in [0.25, 0.3) is 0 Å². The van der Waals surface area contributed by atoms with E-state index in [0.29, 0.717) is 19.3 Å². The van der Waals surface area contributed by atoms with Gasteiger partial charge in [-0.15, -0.1) is 0 Å². The number of unbranched alkanes of at least 4 members (excludes halogenated alkanes) is 38. The van der Waals surface area contributed by atoms with Gasteiger partial charge >= 0.3 is 17.9 Å². The van der Waals surface area contributed by atoms with Gasteiger partial charge in [-0.25, -0.2) is 0 Å². The molecular formula is C60H116O6. The lowest BCUT2D eigenvalue weighted by Crippen LogP contribution is -2.30. The highest BCUT2D eigenvalue weighted by Gasteiger charge is 2.19. The van der Waals surface area contributed by atoms with Crippen molar-refractivity contribution in [1.82, 2.24) is 0 Å². The summed E-state index contributed by atoms with van der Waals surface area (Å²) in [5.74, 6) is 0.874. The van der Waals surface area contributed by atoms with Crippen LogP contribution in [0.5, 0.6) is 0 Å². The molecule has 0 amide bonds. The first-order valence-corrected chi connectivity index (χ1v) is 29.8. The Morgan fingerprint density at radius 1 is 0.318 bits per heavy atom. The second-order valence-electron chi connectivity index (χ2n) is 21.4. The van der Waals surface area contributed by atoms with Crippen molar-refractivity contribution < 1.29 is 28.6 Å². The van der Waals surface area contributed by atoms with Crippen LogP contribution in [-0.4, -0.2) is 37.2 Å². The van der Waals surface area contributed by atoms with Gasteiger partial charge in [0.05, 0.1) is 0 Å². The molecule has 0 heterocycles. The minimum atomic E-state index is -0.763. The van der Waals surface area contributed by atoms with Crippen molar-refractivity contribution in [2.24, 2.45) is 11.8 Å². The Kier molecular flexibility index (Phi) is 51.5. The van der Waals surface area contributed by atoms with E-state index in [1.165, 1.54) is 225 Å². The molecule has 0 aliphatic carbocycles. The average molecular weight is 934 g/mol. The summed E-state index contributed by atoms with van der Waals surface area (Å²) in [6.45, 7) is 11.4. The van der Waals surface area contributed by atoms with E-state index in [-0.39, 0.29) is 31.1 Å². The minimum Gasteiger partial charge on any atom is -0.462 e. The van der Waals surface area contributed by atoms with Gasteiger partial charge in [0, 0.05) is 19.3 Å². The fourth-order valence-electron chi connectivity index (χ4n) is 9.20. The second-order valence-corrected chi connectivity index (χ2v) is 21.4. The lowest BCUT2D eigenvalue weighted by molar-refractivity contribution is -0.167. The second kappa shape index (κ2) is 52.8. The van der Waals surface area contributed by atoms with Crippen LogP contribution in [0.3, 0.4) is 0 Å². The van der Waals surface area contributed by atoms with Gasteiger partial charge < -0.3 is 14.2 Å². The smallest absolute Gasteiger partial charge is 0.306 e. The largest absolute Gasteiger partial charge is 0.462 e. The predicted molar refractivity (Wildman–Crippen MR) is 284 cm³/mol. The van der Waals surface area contributed by atoms with Crippen LogP contribution in [0, 0.1) is 11.8 Å². The number of ether oxygens (including phenoxy) is 3. The van der Waals surface area contributed by atoms with E-state index in [1.54, 1.807) is 0 Å². The molecule has 0 aliphatic rings. The van der Waals surface area contributed by atoms with Crippen molar-refractivity contribution in [2.75, 3.05) is 13.2 Å². The first-order chi connectivity index (χ1) is 32.3. The van der Waals surface area contributed by atoms with Gasteiger partial charge in [0.15, 0.2) is 6.10 Å². The highest BCUT2D eigenvalue weighted by molar-refractivity contribution is 5.71. The molecule has 0 aromatic carbocycles. The highest BCUT2D eigenvalue weighted by atomic mass is 16.6. The third kappa shape index (κ3) is 51.8. The molecule has 0 radical (unpaired) electrons. The Morgan fingerprint density at radius 2 is 0.576 bits per heavy atom. The van der Waals surface area contributed by atoms with Crippen molar-refractivity contribution in [3.63, 3.8) is 0 Å². The minimum absolute atomic E-state index is 0.0627. The zero-order valence-corrected chi connectivity index (χ0v) is 45.3. The van der Waals surface area contributed by atoms with Crippen LogP contribution in [0.4, 0.5) is 0 Å². The number of esters is 3. The fraction of sp³-hybridized carbons (Fsp3) is 0.950. The van der Waals surface area contributed by atoms with Crippen LogP contribution in [0.1, 0.15) is 336 Å². The molecule has 2 atom stereocenters. The van der Waals surface area contributed by atoms with E-state index < -0.39 is 6.10 Å². The zero-order chi connectivity index (χ0) is 48.2. The quantitative estimate of drug-likeness (QED) is 0.0343. The molecule has 6 nitrogen and oxygen atoms in total. The summed E-state index contributed by atoms with van der Waals surface area (Å²) in [7, 11) is 0. The van der Waals surface area contributed by atoms with E-state index in [0.717, 1.165) is 69.6 Å². The van der Waals surface area contributed by atoms with E-state index in [4.69, 9.17) is 14.2 Å². The molecule has 0 bridgehead atoms. The Bertz CT molecular complexity index is 1010. The molecule has 0 fully saturated rings. The maximum atomic E-state index is 12.8. The van der Waals surface area contributed by atoms with E-state index in [1.807, 2.05) is 0 Å². The first kappa shape index (κ1) is 64.4. The lowest BCUT2D eigenvalue weighted by atomic mass is 9.99. The molecule has 0 N–H and O–H groups in total. The molecule has 0 aliphatic heterocycles. The maximum absolute atomic E-state index is 12.8. The van der Waals surface area contributed by atoms with Gasteiger partial charge in [-0.05, 0) is 31.1 Å². The van der Waals surface area contributed by atoms with Crippen molar-refractivity contribution >= 4 is 17.9 Å². The molecular weight excluding hydrogens is 817 g/mol. The Labute approximate surface area is 412 Å². The van der Waals surface area contributed by atoms with Gasteiger partial charge in [0.25, 0.3) is 0 Å². The molecule has 0 rings (SSSR count). The van der Waals surface area contributed by atoms with Gasteiger partial charge in [0.2, 0.25) is 0 Å². The molecule has 392 valence electrons. The standard InChI is InChI=1S/C60H116O6/c1-6-8-9-10-11-12-13-14-15-16-17-21-24-30-35-40-45-50-58(61)64-53-57(66-60(63)52-47-42-37-32-27-26-28-33-38-43-48-55(3)4)54-65-59(62)51-46-41-36-31-25-22-19-18-20-23-29-34-39-44-49-56(5)7-2/h55-57H,6-54H2,1-5H3/t56?,57-/m1/s1. The van der Waals surface area contributed by atoms with Crippen molar-refractivity contribution in [3.05, 3.63) is 0 Å². The summed E-state index contributed by atoms with van der Waals surface area (Å²) in [6, 6.07) is 0. The predicted octanol–water partition coefficient (Wildman–Crippen LogP) is 19.7. The highest BCUT2D eigenvalue weighted by Crippen LogP contribution is 2.19. The SMILES string of the molecule is CCCCCCCCCCCCCCCCCCCC(=O)OC[C@H](COC(=O)CCCCCCCCCCCCCCCCC(C)CC)OC(=O)CCCCCCCCCCCCC(C)C. The summed E-state index contributed by atoms with van der Waals surface area (Å²) >= 11 is 0. The Hall–Kier alpha value is -1.59. The van der Waals surface area contributed by atoms with Gasteiger partial charge in [-0.2, -0.15) is 0 Å². The fourth-order valence-corrected chi connectivity index (χ4v) is 9.20. The van der Waals surface area contributed by atoms with Crippen LogP contribution < -0.4 is 0 Å². The summed E-state index contributed by atoms with van der Waals surface area (Å²) in [6.07, 6.45) is 56.6. The van der Waals surface area contributed by atoms with Crippen LogP contribution in [0.2, 0.25) is 0 Å². The molecule has 6 heteroatoms. The number of hydrogen-bond acceptors (Lipinski definition) is 6. The third-order valence-corrected chi connectivity index (χ3v) is 14.1. The summed E-state index contributed by atoms with van der Waals surface area (Å²) < 4.78 is 16.9. The van der Waals surface area contributed by atoms with Gasteiger partial charge in [-0.1, -0.05) is 298 Å². The molecule has 0 saturated carbocycles. The van der Waals surface area contributed by atoms with Crippen molar-refractivity contribution in [1.29, 1.82) is 0 Å². The maximum Gasteiger partial charge on any atom is 0.306 e. The normalized spacial score (nSPS) is 12.5. The number of rotatable bonds is 54. The molecule has 0 saturated heterocycles. The first-order valence-electron chi connectivity index (χ1n) is 29.8. The Morgan fingerprint density at radius 3 is 0.864 bits per heavy atom. The van der Waals surface area contributed by atoms with E-state index in [2.05, 4.69) is 34.6 Å². The molecule has 0 aromatic rings. The number of carbonyl (C=O) groups is 3. The number of carbonyl (C=O) groups excluding carboxylic acids is 3. The molecule has 0 spiro atoms. The topological polar surface area (TPSA) is 78.9 Å². The van der Waals surface area contributed by atoms with Crippen molar-refractivity contribution in [2.45, 2.75) is 343 Å². The molecule has 1 unspecified atom stereocenters. The summed E-state index contributed by atoms with van der Waals surface area (Å²) in [5.41, 5.74) is 0. The Balaban J connectivity index is 4.28. The third-order valence-electron chi connectivity index (χ3n) is 14.1. The lowest BCUT2D eigenvalue weighted by Gasteiger charge is -2.18. The van der Waals surface area contributed by atoms with Crippen LogP contribution in [0.15, 0.2) is 0 Å². The van der Waals surface area contributed by atoms with Gasteiger partial charge in [-0.3, -0.25) is 14.4 Å². The van der Waals surface area contributed by atoms with E-state index >= 15 is 0 Å². The van der Waals surface area contributed by atoms with Crippen LogP contribution in [-0.2, 0) is 28.6 Å². The summed E-state index contributed by atoms with van der Waals surface area (Å²) in [5, 5.41) is 0. The zero-order valence-electron chi connectivity index (χ0n) is 45.3. The summed E-state index contributed by atoms with van der Waals surface area (Å²) in [4.78, 5) is 38.2. The average Bonchev–Trinajstić information content (AvgIpc) is 3.30. The van der Waals surface area contributed by atoms with Gasteiger partial charge in [0.1, 0.15) is 13.2 Å². The number of hydrogen-bond donors (Lipinski definition) is 0. The molecule has 66 heavy (non-hydrogen) atoms. The van der Waals surface area contributed by atoms with E-state index in [9.17, 15) is 14.4 Å². The molecule has 0 aromatic heterocycles. The van der Waals surface area contributed by atoms with Crippen molar-refractivity contribution in [3.8, 4) is 0 Å². The van der Waals surface area contributed by atoms with Crippen LogP contribution >= 0.6 is 0 Å². The monoisotopic (exact) mass is 933 g/mol.